The number of aromatic nitrogens is 1. The maximum absolute atomic E-state index is 12.2. The third-order valence-electron chi connectivity index (χ3n) is 3.56. The molecule has 0 atom stereocenters. The molecule has 0 radical (unpaired) electrons. The van der Waals surface area contributed by atoms with Gasteiger partial charge >= 0.3 is 0 Å². The molecular weight excluding hydrogens is 240 g/mol. The molecule has 1 heterocycles. The van der Waals surface area contributed by atoms with Gasteiger partial charge in [0.15, 0.2) is 0 Å². The Morgan fingerprint density at radius 2 is 2.11 bits per heavy atom. The van der Waals surface area contributed by atoms with E-state index in [9.17, 15) is 9.59 Å². The number of allylic oxidation sites excluding steroid dienone is 6. The third-order valence-corrected chi connectivity index (χ3v) is 3.56. The first kappa shape index (κ1) is 10.3. The van der Waals surface area contributed by atoms with Gasteiger partial charge in [-0.15, -0.1) is 0 Å². The molecule has 0 aliphatic heterocycles. The lowest BCUT2D eigenvalue weighted by molar-refractivity contribution is -0.112. The topological polar surface area (TPSA) is 62.0 Å². The normalized spacial score (nSPS) is 18.4. The predicted molar refractivity (Wildman–Crippen MR) is 71.6 cm³/mol. The number of nitrogens with one attached hydrogen (secondary N) is 2. The van der Waals surface area contributed by atoms with Gasteiger partial charge in [0.1, 0.15) is 0 Å². The van der Waals surface area contributed by atoms with Crippen LogP contribution >= 0.6 is 0 Å². The van der Waals surface area contributed by atoms with E-state index in [4.69, 9.17) is 0 Å². The Hall–Kier alpha value is -2.62. The lowest BCUT2D eigenvalue weighted by Crippen LogP contribution is -2.15. The monoisotopic (exact) mass is 250 g/mol. The molecule has 0 bridgehead atoms. The first-order chi connectivity index (χ1) is 9.22. The number of carbonyl (C=O) groups is 1. The van der Waals surface area contributed by atoms with Crippen molar-refractivity contribution >= 4 is 11.6 Å². The second-order valence-corrected chi connectivity index (χ2v) is 4.79. The van der Waals surface area contributed by atoms with E-state index in [2.05, 4.69) is 16.4 Å². The van der Waals surface area contributed by atoms with Gasteiger partial charge in [0.2, 0.25) is 5.56 Å². The molecule has 4 nitrogen and oxygen atoms in total. The Morgan fingerprint density at radius 1 is 1.21 bits per heavy atom. The van der Waals surface area contributed by atoms with Crippen molar-refractivity contribution in [2.75, 3.05) is 5.32 Å². The van der Waals surface area contributed by atoms with E-state index in [0.29, 0.717) is 11.3 Å². The van der Waals surface area contributed by atoms with Crippen LogP contribution in [0.3, 0.4) is 0 Å². The Balaban J connectivity index is 1.63. The molecule has 4 rings (SSSR count). The van der Waals surface area contributed by atoms with Gasteiger partial charge in [0, 0.05) is 17.8 Å². The molecule has 3 aliphatic rings. The van der Waals surface area contributed by atoms with Crippen LogP contribution in [-0.4, -0.2) is 10.9 Å². The number of anilines is 1. The van der Waals surface area contributed by atoms with Crippen molar-refractivity contribution in [3.8, 4) is 0 Å². The molecule has 0 unspecified atom stereocenters. The van der Waals surface area contributed by atoms with Gasteiger partial charge in [0.25, 0.3) is 5.91 Å². The van der Waals surface area contributed by atoms with Crippen LogP contribution in [0.2, 0.25) is 0 Å². The van der Waals surface area contributed by atoms with Crippen LogP contribution in [0, 0.1) is 0 Å². The summed E-state index contributed by atoms with van der Waals surface area (Å²) in [5, 5.41) is 2.78. The standard InChI is InChI=1S/C15H10N2O2/c18-14-4-1-9(7-16-14)17-15(19)11-3-2-10-12-5-8(12)6-13(10)11/h1-4,6-7H,5H2,(H,16,18)(H,17,19). The molecule has 0 saturated heterocycles. The van der Waals surface area contributed by atoms with Crippen molar-refractivity contribution in [3.63, 3.8) is 0 Å². The van der Waals surface area contributed by atoms with Gasteiger partial charge in [-0.05, 0) is 46.9 Å². The Labute approximate surface area is 108 Å². The van der Waals surface area contributed by atoms with Crippen LogP contribution in [0.25, 0.3) is 0 Å². The average molecular weight is 250 g/mol. The van der Waals surface area contributed by atoms with Gasteiger partial charge in [-0.3, -0.25) is 9.59 Å². The molecule has 2 N–H and O–H groups in total. The molecule has 1 fully saturated rings. The summed E-state index contributed by atoms with van der Waals surface area (Å²) in [4.78, 5) is 25.7. The van der Waals surface area contributed by atoms with E-state index < -0.39 is 0 Å². The first-order valence-electron chi connectivity index (χ1n) is 6.09. The van der Waals surface area contributed by atoms with Crippen LogP contribution in [0.15, 0.2) is 69.2 Å². The van der Waals surface area contributed by atoms with Crippen LogP contribution in [0.1, 0.15) is 6.42 Å². The molecule has 92 valence electrons. The van der Waals surface area contributed by atoms with E-state index in [-0.39, 0.29) is 11.5 Å². The molecule has 3 aliphatic carbocycles. The molecular formula is C15H10N2O2. The molecule has 0 aromatic carbocycles. The lowest BCUT2D eigenvalue weighted by Gasteiger charge is -2.05. The molecule has 1 amide bonds. The van der Waals surface area contributed by atoms with Crippen LogP contribution in [-0.2, 0) is 4.79 Å². The summed E-state index contributed by atoms with van der Waals surface area (Å²) in [6.07, 6.45) is 8.51. The van der Waals surface area contributed by atoms with Crippen LogP contribution in [0.4, 0.5) is 5.69 Å². The SMILES string of the molecule is O=C(Nc1ccc(=O)[nH]c1)C1=C2C=C3CC3=C2C=C1. The smallest absolute Gasteiger partial charge is 0.256 e. The maximum Gasteiger partial charge on any atom is 0.256 e. The minimum Gasteiger partial charge on any atom is -0.327 e. The van der Waals surface area contributed by atoms with Gasteiger partial charge in [0.05, 0.1) is 5.69 Å². The minimum absolute atomic E-state index is 0.146. The number of amides is 1. The number of rotatable bonds is 2. The second kappa shape index (κ2) is 3.45. The highest BCUT2D eigenvalue weighted by Gasteiger charge is 2.35. The summed E-state index contributed by atoms with van der Waals surface area (Å²) in [6, 6.07) is 2.97. The number of carbonyl (C=O) groups excluding carboxylic acids is 1. The largest absolute Gasteiger partial charge is 0.327 e. The summed E-state index contributed by atoms with van der Waals surface area (Å²) in [5.74, 6) is -0.146. The summed E-state index contributed by atoms with van der Waals surface area (Å²) < 4.78 is 0. The number of aromatic amines is 1. The highest BCUT2D eigenvalue weighted by atomic mass is 16.1. The van der Waals surface area contributed by atoms with Crippen LogP contribution in [0.5, 0.6) is 0 Å². The zero-order chi connectivity index (χ0) is 13.0. The van der Waals surface area contributed by atoms with E-state index in [0.717, 1.165) is 12.0 Å². The van der Waals surface area contributed by atoms with Crippen molar-refractivity contribution in [1.82, 2.24) is 4.98 Å². The van der Waals surface area contributed by atoms with Crippen molar-refractivity contribution < 1.29 is 4.79 Å². The summed E-state index contributed by atoms with van der Waals surface area (Å²) in [6.45, 7) is 0. The molecule has 1 aromatic heterocycles. The number of hydrogen-bond acceptors (Lipinski definition) is 2. The van der Waals surface area contributed by atoms with Gasteiger partial charge in [-0.25, -0.2) is 0 Å². The first-order valence-corrected chi connectivity index (χ1v) is 6.09. The highest BCUT2D eigenvalue weighted by Crippen LogP contribution is 2.51. The number of H-pyrrole nitrogens is 1. The van der Waals surface area contributed by atoms with Crippen molar-refractivity contribution in [3.05, 3.63) is 74.8 Å². The fraction of sp³-hybridized carbons (Fsp3) is 0.0667. The summed E-state index contributed by atoms with van der Waals surface area (Å²) in [7, 11) is 0. The van der Waals surface area contributed by atoms with Crippen molar-refractivity contribution in [1.29, 1.82) is 0 Å². The van der Waals surface area contributed by atoms with Gasteiger partial charge in [-0.1, -0.05) is 6.08 Å². The number of pyridine rings is 1. The predicted octanol–water partition coefficient (Wildman–Crippen LogP) is 1.82. The lowest BCUT2D eigenvalue weighted by atomic mass is 10.1. The fourth-order valence-electron chi connectivity index (χ4n) is 2.52. The molecule has 1 aromatic rings. The van der Waals surface area contributed by atoms with E-state index >= 15 is 0 Å². The van der Waals surface area contributed by atoms with E-state index in [1.54, 1.807) is 6.07 Å². The zero-order valence-corrected chi connectivity index (χ0v) is 9.99. The number of fused-ring (bicyclic) bond motifs is 2. The summed E-state index contributed by atoms with van der Waals surface area (Å²) >= 11 is 0. The maximum atomic E-state index is 12.2. The second-order valence-electron chi connectivity index (χ2n) is 4.79. The fourth-order valence-corrected chi connectivity index (χ4v) is 2.52. The third kappa shape index (κ3) is 1.53. The van der Waals surface area contributed by atoms with Crippen LogP contribution < -0.4 is 10.9 Å². The van der Waals surface area contributed by atoms with E-state index in [1.807, 2.05) is 12.2 Å². The molecule has 4 heteroatoms. The number of hydrogen-bond donors (Lipinski definition) is 2. The quantitative estimate of drug-likeness (QED) is 0.841. The molecule has 1 saturated carbocycles. The average Bonchev–Trinajstić information content (AvgIpc) is 2.89. The van der Waals surface area contributed by atoms with E-state index in [1.165, 1.54) is 29.0 Å². The Morgan fingerprint density at radius 3 is 2.89 bits per heavy atom. The van der Waals surface area contributed by atoms with Gasteiger partial charge in [-0.2, -0.15) is 0 Å². The zero-order valence-electron chi connectivity index (χ0n) is 9.99. The Kier molecular flexibility index (Phi) is 1.87. The molecule has 19 heavy (non-hydrogen) atoms. The Bertz CT molecular complexity index is 783. The minimum atomic E-state index is -0.187. The highest BCUT2D eigenvalue weighted by molar-refractivity contribution is 6.09. The summed E-state index contributed by atoms with van der Waals surface area (Å²) in [5.41, 5.74) is 6.03. The van der Waals surface area contributed by atoms with Gasteiger partial charge < -0.3 is 10.3 Å². The van der Waals surface area contributed by atoms with Crippen molar-refractivity contribution in [2.24, 2.45) is 0 Å². The van der Waals surface area contributed by atoms with Crippen molar-refractivity contribution in [2.45, 2.75) is 6.42 Å². The molecule has 0 spiro atoms.